The molecule has 0 spiro atoms. The van der Waals surface area contributed by atoms with E-state index in [-0.39, 0.29) is 29.9 Å². The summed E-state index contributed by atoms with van der Waals surface area (Å²) in [7, 11) is 0. The third kappa shape index (κ3) is 5.74. The maximum atomic E-state index is 13.0. The molecular formula is C20H25ClF3N5O2S. The Kier molecular flexibility index (Phi) is 7.09. The summed E-state index contributed by atoms with van der Waals surface area (Å²) in [6.07, 6.45) is -1.34. The molecule has 2 aromatic rings. The summed E-state index contributed by atoms with van der Waals surface area (Å²) >= 11 is 6.96. The predicted octanol–water partition coefficient (Wildman–Crippen LogP) is 5.79. The van der Waals surface area contributed by atoms with E-state index in [1.54, 1.807) is 6.20 Å². The zero-order valence-corrected chi connectivity index (χ0v) is 19.4. The Labute approximate surface area is 193 Å². The highest BCUT2D eigenvalue weighted by molar-refractivity contribution is 7.15. The number of pyridine rings is 1. The van der Waals surface area contributed by atoms with Gasteiger partial charge in [0.1, 0.15) is 5.82 Å². The Bertz CT molecular complexity index is 963. The number of rotatable bonds is 5. The number of aromatic nitrogens is 2. The van der Waals surface area contributed by atoms with Crippen molar-refractivity contribution in [2.45, 2.75) is 58.4 Å². The van der Waals surface area contributed by atoms with E-state index in [1.807, 2.05) is 20.8 Å². The smallest absolute Gasteiger partial charge is 0.418 e. The molecule has 1 aliphatic rings. The Morgan fingerprint density at radius 2 is 2.03 bits per heavy atom. The first kappa shape index (κ1) is 24.4. The Morgan fingerprint density at radius 1 is 1.31 bits per heavy atom. The number of nitrogens with zero attached hydrogens (tertiary/aromatic N) is 3. The molecule has 2 unspecified atom stereocenters. The van der Waals surface area contributed by atoms with Gasteiger partial charge in [0.25, 0.3) is 0 Å². The van der Waals surface area contributed by atoms with Gasteiger partial charge < -0.3 is 20.6 Å². The lowest BCUT2D eigenvalue weighted by atomic mass is 9.78. The van der Waals surface area contributed by atoms with Crippen molar-refractivity contribution in [1.29, 1.82) is 0 Å². The van der Waals surface area contributed by atoms with Crippen LogP contribution in [0.15, 0.2) is 18.5 Å². The Balaban J connectivity index is 1.68. The van der Waals surface area contributed by atoms with Gasteiger partial charge in [-0.15, -0.1) is 11.3 Å². The number of thiazole rings is 1. The number of halogens is 4. The zero-order chi connectivity index (χ0) is 23.7. The molecule has 3 rings (SSSR count). The molecule has 0 bridgehead atoms. The van der Waals surface area contributed by atoms with Gasteiger partial charge >= 0.3 is 12.3 Å². The minimum absolute atomic E-state index is 0.0572. The van der Waals surface area contributed by atoms with Gasteiger partial charge in [-0.05, 0) is 24.3 Å². The van der Waals surface area contributed by atoms with Gasteiger partial charge in [-0.2, -0.15) is 13.2 Å². The fourth-order valence-corrected chi connectivity index (χ4v) is 5.00. The van der Waals surface area contributed by atoms with Crippen molar-refractivity contribution in [3.8, 4) is 0 Å². The lowest BCUT2D eigenvalue weighted by Gasteiger charge is -2.46. The highest BCUT2D eigenvalue weighted by Gasteiger charge is 2.42. The van der Waals surface area contributed by atoms with E-state index in [0.717, 1.165) is 30.0 Å². The lowest BCUT2D eigenvalue weighted by Crippen LogP contribution is -2.58. The number of carbonyl (C=O) groups is 1. The molecule has 12 heteroatoms. The number of alkyl halides is 3. The van der Waals surface area contributed by atoms with Crippen LogP contribution in [-0.4, -0.2) is 44.7 Å². The van der Waals surface area contributed by atoms with E-state index in [0.29, 0.717) is 11.7 Å². The Morgan fingerprint density at radius 3 is 2.66 bits per heavy atom. The molecule has 0 aliphatic carbocycles. The minimum atomic E-state index is -4.56. The fraction of sp³-hybridized carbons (Fsp3) is 0.550. The highest BCUT2D eigenvalue weighted by atomic mass is 35.5. The van der Waals surface area contributed by atoms with Crippen LogP contribution in [0.5, 0.6) is 0 Å². The molecule has 1 fully saturated rings. The predicted molar refractivity (Wildman–Crippen MR) is 118 cm³/mol. The normalized spacial score (nSPS) is 19.7. The van der Waals surface area contributed by atoms with Crippen molar-refractivity contribution in [3.05, 3.63) is 33.9 Å². The third-order valence-electron chi connectivity index (χ3n) is 5.23. The van der Waals surface area contributed by atoms with Crippen LogP contribution >= 0.6 is 22.9 Å². The molecule has 1 aliphatic heterocycles. The lowest BCUT2D eigenvalue weighted by molar-refractivity contribution is -0.137. The van der Waals surface area contributed by atoms with Crippen molar-refractivity contribution in [1.82, 2.24) is 14.9 Å². The molecule has 3 N–H and O–H groups in total. The minimum Gasteiger partial charge on any atom is -0.465 e. The number of hydrogen-bond donors (Lipinski definition) is 3. The van der Waals surface area contributed by atoms with Gasteiger partial charge in [0.15, 0.2) is 5.13 Å². The molecule has 0 saturated carbocycles. The summed E-state index contributed by atoms with van der Waals surface area (Å²) in [6.45, 7) is 6.77. The molecule has 7 nitrogen and oxygen atoms in total. The first-order valence-electron chi connectivity index (χ1n) is 10.0. The van der Waals surface area contributed by atoms with Crippen LogP contribution in [0, 0.1) is 5.41 Å². The summed E-state index contributed by atoms with van der Waals surface area (Å²) in [4.78, 5) is 22.3. The van der Waals surface area contributed by atoms with E-state index in [1.165, 1.54) is 16.2 Å². The molecule has 1 saturated heterocycles. The number of amides is 1. The molecule has 32 heavy (non-hydrogen) atoms. The summed E-state index contributed by atoms with van der Waals surface area (Å²) in [5.74, 6) is 0.0572. The molecule has 2 aromatic heterocycles. The number of piperidine rings is 1. The maximum Gasteiger partial charge on any atom is 0.418 e. The largest absolute Gasteiger partial charge is 0.465 e. The van der Waals surface area contributed by atoms with Gasteiger partial charge in [0.05, 0.1) is 23.2 Å². The van der Waals surface area contributed by atoms with E-state index in [2.05, 4.69) is 20.6 Å². The maximum absolute atomic E-state index is 13.0. The van der Waals surface area contributed by atoms with Crippen LogP contribution in [0.3, 0.4) is 0 Å². The van der Waals surface area contributed by atoms with Crippen molar-refractivity contribution < 1.29 is 23.1 Å². The zero-order valence-electron chi connectivity index (χ0n) is 17.8. The van der Waals surface area contributed by atoms with Crippen molar-refractivity contribution in [2.24, 2.45) is 5.41 Å². The summed E-state index contributed by atoms with van der Waals surface area (Å²) < 4.78 is 39.0. The van der Waals surface area contributed by atoms with Gasteiger partial charge in [0.2, 0.25) is 0 Å². The van der Waals surface area contributed by atoms with Gasteiger partial charge in [-0.3, -0.25) is 0 Å². The molecule has 3 heterocycles. The Hall–Kier alpha value is -2.27. The number of hydrogen-bond acceptors (Lipinski definition) is 6. The van der Waals surface area contributed by atoms with Crippen LogP contribution in [0.25, 0.3) is 0 Å². The molecule has 2 atom stereocenters. The average Bonchev–Trinajstić information content (AvgIpc) is 3.12. The third-order valence-corrected chi connectivity index (χ3v) is 6.46. The topological polar surface area (TPSA) is 90.4 Å². The summed E-state index contributed by atoms with van der Waals surface area (Å²) in [6, 6.07) is 0.552. The number of carboxylic acid groups (broad SMARTS) is 1. The SMILES string of the molecule is CC(C)(C)C1C(Nc2ncc(CNc3cc(C(F)(F)F)c(Cl)cn3)s2)CCCN1C(=O)O. The van der Waals surface area contributed by atoms with Crippen molar-refractivity contribution >= 4 is 40.0 Å². The molecule has 0 aromatic carbocycles. The second-order valence-electron chi connectivity index (χ2n) is 8.71. The second kappa shape index (κ2) is 9.30. The first-order valence-corrected chi connectivity index (χ1v) is 11.2. The highest BCUT2D eigenvalue weighted by Crippen LogP contribution is 2.36. The van der Waals surface area contributed by atoms with Crippen LogP contribution in [0.2, 0.25) is 5.02 Å². The quantitative estimate of drug-likeness (QED) is 0.490. The van der Waals surface area contributed by atoms with E-state index in [4.69, 9.17) is 11.6 Å². The van der Waals surface area contributed by atoms with Crippen LogP contribution in [-0.2, 0) is 12.7 Å². The molecular weight excluding hydrogens is 467 g/mol. The van der Waals surface area contributed by atoms with E-state index in [9.17, 15) is 23.1 Å². The van der Waals surface area contributed by atoms with Crippen LogP contribution in [0.4, 0.5) is 28.9 Å². The molecule has 176 valence electrons. The van der Waals surface area contributed by atoms with Gasteiger partial charge in [-0.1, -0.05) is 32.4 Å². The first-order chi connectivity index (χ1) is 14.9. The second-order valence-corrected chi connectivity index (χ2v) is 10.2. The molecule has 1 amide bonds. The van der Waals surface area contributed by atoms with Crippen LogP contribution < -0.4 is 10.6 Å². The fourth-order valence-electron chi connectivity index (χ4n) is 3.98. The summed E-state index contributed by atoms with van der Waals surface area (Å²) in [5, 5.41) is 16.0. The molecule has 0 radical (unpaired) electrons. The van der Waals surface area contributed by atoms with Gasteiger partial charge in [0, 0.05) is 29.9 Å². The monoisotopic (exact) mass is 491 g/mol. The van der Waals surface area contributed by atoms with Crippen molar-refractivity contribution in [2.75, 3.05) is 17.2 Å². The van der Waals surface area contributed by atoms with E-state index >= 15 is 0 Å². The average molecular weight is 492 g/mol. The van der Waals surface area contributed by atoms with Gasteiger partial charge in [-0.25, -0.2) is 14.8 Å². The van der Waals surface area contributed by atoms with E-state index < -0.39 is 22.9 Å². The van der Waals surface area contributed by atoms with Crippen LogP contribution in [0.1, 0.15) is 44.1 Å². The standard InChI is InChI=1S/C20H25ClF3N5O2S/c1-19(2,3)16-14(5-4-6-29(16)18(30)31)28-17-27-9-11(32-17)8-25-15-7-12(20(22,23)24)13(21)10-26-15/h7,9-10,14,16H,4-6,8H2,1-3H3,(H,25,26)(H,27,28)(H,30,31). The number of anilines is 2. The van der Waals surface area contributed by atoms with Crippen molar-refractivity contribution in [3.63, 3.8) is 0 Å². The summed E-state index contributed by atoms with van der Waals surface area (Å²) in [5.41, 5.74) is -1.22. The number of likely N-dealkylation sites (tertiary alicyclic amines) is 1. The number of nitrogens with one attached hydrogen (secondary N) is 2.